The first-order valence-electron chi connectivity index (χ1n) is 12.0. The molecule has 0 aliphatic carbocycles. The fraction of sp³-hybridized carbons (Fsp3) is 0.241. The van der Waals surface area contributed by atoms with Gasteiger partial charge >= 0.3 is 5.69 Å². The molecule has 0 bridgehead atoms. The number of aromatic amines is 1. The maximum atomic E-state index is 13.5. The van der Waals surface area contributed by atoms with Gasteiger partial charge in [-0.05, 0) is 23.6 Å². The quantitative estimate of drug-likeness (QED) is 0.299. The Bertz CT molecular complexity index is 1390. The number of hydrogen-bond acceptors (Lipinski definition) is 6. The second kappa shape index (κ2) is 9.57. The van der Waals surface area contributed by atoms with Crippen LogP contribution >= 0.6 is 0 Å². The number of aryl methyl sites for hydroxylation is 1. The van der Waals surface area contributed by atoms with Crippen LogP contribution < -0.4 is 11.2 Å². The summed E-state index contributed by atoms with van der Waals surface area (Å²) in [7, 11) is 0. The molecule has 8 heteroatoms. The van der Waals surface area contributed by atoms with Gasteiger partial charge in [0, 0.05) is 11.8 Å². The van der Waals surface area contributed by atoms with Gasteiger partial charge in [-0.15, -0.1) is 0 Å². The van der Waals surface area contributed by atoms with Crippen LogP contribution in [0.15, 0.2) is 107 Å². The summed E-state index contributed by atoms with van der Waals surface area (Å²) in [4.78, 5) is 28.2. The summed E-state index contributed by atoms with van der Waals surface area (Å²) in [6.45, 7) is 0.935. The summed E-state index contributed by atoms with van der Waals surface area (Å²) >= 11 is 0. The highest BCUT2D eigenvalue weighted by Gasteiger charge is 2.68. The molecule has 1 aromatic heterocycles. The van der Waals surface area contributed by atoms with Crippen molar-refractivity contribution in [3.05, 3.63) is 140 Å². The van der Waals surface area contributed by atoms with Gasteiger partial charge in [0.15, 0.2) is 5.72 Å². The highest BCUT2D eigenvalue weighted by molar-refractivity contribution is 5.54. The summed E-state index contributed by atoms with van der Waals surface area (Å²) in [6.07, 6.45) is -3.13. The fourth-order valence-corrected chi connectivity index (χ4v) is 5.64. The lowest BCUT2D eigenvalue weighted by atomic mass is 9.60. The number of benzene rings is 3. The molecule has 1 saturated heterocycles. The average Bonchev–Trinajstić information content (AvgIpc) is 3.19. The minimum Gasteiger partial charge on any atom is -0.394 e. The Kier molecular flexibility index (Phi) is 6.43. The SMILES string of the molecule is Cc1cn([C@]2(C(c3ccccc3)(c3ccccc3)c3ccccc3)O[C@H](CO)[C@@H](O)[C@H]2O)c(=O)[nH]c1=O. The van der Waals surface area contributed by atoms with Gasteiger partial charge < -0.3 is 20.1 Å². The normalized spacial score (nSPS) is 23.7. The molecule has 0 saturated carbocycles. The Morgan fingerprint density at radius 3 is 1.73 bits per heavy atom. The monoisotopic (exact) mass is 500 g/mol. The second-order valence-corrected chi connectivity index (χ2v) is 9.26. The van der Waals surface area contributed by atoms with Crippen molar-refractivity contribution in [3.8, 4) is 0 Å². The lowest BCUT2D eigenvalue weighted by molar-refractivity contribution is -0.180. The van der Waals surface area contributed by atoms with Crippen molar-refractivity contribution in [1.82, 2.24) is 9.55 Å². The molecule has 4 N–H and O–H groups in total. The first kappa shape index (κ1) is 24.9. The average molecular weight is 501 g/mol. The molecule has 190 valence electrons. The van der Waals surface area contributed by atoms with Gasteiger partial charge in [-0.3, -0.25) is 14.3 Å². The van der Waals surface area contributed by atoms with E-state index < -0.39 is 47.3 Å². The minimum absolute atomic E-state index is 0.208. The highest BCUT2D eigenvalue weighted by atomic mass is 16.6. The van der Waals surface area contributed by atoms with Crippen LogP contribution in [0.25, 0.3) is 0 Å². The van der Waals surface area contributed by atoms with E-state index in [1.165, 1.54) is 6.20 Å². The van der Waals surface area contributed by atoms with Crippen molar-refractivity contribution in [1.29, 1.82) is 0 Å². The zero-order valence-corrected chi connectivity index (χ0v) is 20.2. The third kappa shape index (κ3) is 3.60. The van der Waals surface area contributed by atoms with E-state index in [1.807, 2.05) is 91.0 Å². The van der Waals surface area contributed by atoms with E-state index in [4.69, 9.17) is 4.74 Å². The van der Waals surface area contributed by atoms with E-state index in [0.717, 1.165) is 4.57 Å². The summed E-state index contributed by atoms with van der Waals surface area (Å²) in [5, 5.41) is 33.2. The van der Waals surface area contributed by atoms with Crippen molar-refractivity contribution in [2.75, 3.05) is 6.61 Å². The van der Waals surface area contributed by atoms with Crippen LogP contribution in [0, 0.1) is 6.92 Å². The van der Waals surface area contributed by atoms with Crippen LogP contribution in [-0.4, -0.2) is 49.8 Å². The fourth-order valence-electron chi connectivity index (χ4n) is 5.64. The zero-order valence-electron chi connectivity index (χ0n) is 20.2. The summed E-state index contributed by atoms with van der Waals surface area (Å²) in [6, 6.07) is 27.8. The Balaban J connectivity index is 2.05. The summed E-state index contributed by atoms with van der Waals surface area (Å²) in [5.74, 6) is 0. The molecule has 8 nitrogen and oxygen atoms in total. The number of nitrogens with zero attached hydrogens (tertiary/aromatic N) is 1. The molecule has 0 spiro atoms. The number of nitrogens with one attached hydrogen (secondary N) is 1. The number of ether oxygens (including phenoxy) is 1. The number of hydrogen-bond donors (Lipinski definition) is 4. The van der Waals surface area contributed by atoms with E-state index in [1.54, 1.807) is 6.92 Å². The van der Waals surface area contributed by atoms with Crippen LogP contribution in [0.2, 0.25) is 0 Å². The number of aliphatic hydroxyl groups excluding tert-OH is 3. The molecule has 0 unspecified atom stereocenters. The molecule has 1 aliphatic rings. The van der Waals surface area contributed by atoms with Crippen molar-refractivity contribution in [3.63, 3.8) is 0 Å². The topological polar surface area (TPSA) is 125 Å². The second-order valence-electron chi connectivity index (χ2n) is 9.26. The molecule has 37 heavy (non-hydrogen) atoms. The van der Waals surface area contributed by atoms with Crippen LogP contribution in [0.3, 0.4) is 0 Å². The molecule has 4 atom stereocenters. The van der Waals surface area contributed by atoms with E-state index in [9.17, 15) is 24.9 Å². The lowest BCUT2D eigenvalue weighted by Gasteiger charge is -2.51. The van der Waals surface area contributed by atoms with Gasteiger partial charge in [0.2, 0.25) is 0 Å². The Morgan fingerprint density at radius 1 is 0.865 bits per heavy atom. The molecule has 1 fully saturated rings. The van der Waals surface area contributed by atoms with Gasteiger partial charge in [-0.1, -0.05) is 91.0 Å². The van der Waals surface area contributed by atoms with Gasteiger partial charge in [-0.2, -0.15) is 0 Å². The smallest absolute Gasteiger partial charge is 0.330 e. The molecule has 4 aromatic rings. The van der Waals surface area contributed by atoms with Crippen molar-refractivity contribution in [2.45, 2.75) is 36.4 Å². The third-order valence-corrected chi connectivity index (χ3v) is 7.25. The predicted octanol–water partition coefficient (Wildman–Crippen LogP) is 1.65. The number of aromatic nitrogens is 2. The molecule has 0 radical (unpaired) electrons. The van der Waals surface area contributed by atoms with Gasteiger partial charge in [0.1, 0.15) is 18.3 Å². The maximum Gasteiger partial charge on any atom is 0.330 e. The highest BCUT2D eigenvalue weighted by Crippen LogP contribution is 2.56. The van der Waals surface area contributed by atoms with Crippen LogP contribution in [0.5, 0.6) is 0 Å². The molecule has 3 aromatic carbocycles. The molecule has 1 aliphatic heterocycles. The van der Waals surface area contributed by atoms with Crippen molar-refractivity contribution in [2.24, 2.45) is 0 Å². The molecular formula is C29H28N2O6. The minimum atomic E-state index is -2.03. The van der Waals surface area contributed by atoms with Crippen LogP contribution in [-0.2, 0) is 15.9 Å². The summed E-state index contributed by atoms with van der Waals surface area (Å²) < 4.78 is 7.66. The third-order valence-electron chi connectivity index (χ3n) is 7.25. The molecule has 2 heterocycles. The maximum absolute atomic E-state index is 13.5. The predicted molar refractivity (Wildman–Crippen MR) is 137 cm³/mol. The first-order chi connectivity index (χ1) is 17.9. The summed E-state index contributed by atoms with van der Waals surface area (Å²) in [5.41, 5.74) is -2.68. The van der Waals surface area contributed by atoms with Crippen molar-refractivity contribution >= 4 is 0 Å². The molecule has 5 rings (SSSR count). The van der Waals surface area contributed by atoms with Gasteiger partial charge in [0.25, 0.3) is 5.56 Å². The molecule has 0 amide bonds. The Morgan fingerprint density at radius 2 is 1.32 bits per heavy atom. The van der Waals surface area contributed by atoms with Gasteiger partial charge in [-0.25, -0.2) is 4.79 Å². The zero-order chi connectivity index (χ0) is 26.2. The number of aliphatic hydroxyl groups is 3. The van der Waals surface area contributed by atoms with Crippen molar-refractivity contribution < 1.29 is 20.1 Å². The van der Waals surface area contributed by atoms with Gasteiger partial charge in [0.05, 0.1) is 12.0 Å². The number of H-pyrrole nitrogens is 1. The van der Waals surface area contributed by atoms with Crippen LogP contribution in [0.4, 0.5) is 0 Å². The van der Waals surface area contributed by atoms with Crippen LogP contribution in [0.1, 0.15) is 22.3 Å². The van der Waals surface area contributed by atoms with E-state index in [2.05, 4.69) is 4.98 Å². The Hall–Kier alpha value is -3.82. The lowest BCUT2D eigenvalue weighted by Crippen LogP contribution is -2.64. The molecular weight excluding hydrogens is 472 g/mol. The largest absolute Gasteiger partial charge is 0.394 e. The number of rotatable bonds is 6. The standard InChI is InChI=1S/C29H28N2O6/c1-19-17-31(27(36)30-26(19)35)29(25(34)24(33)23(18-32)37-29)28(20-11-5-2-6-12-20,21-13-7-3-8-14-21)22-15-9-4-10-16-22/h2-17,23-25,32-34H,18H2,1H3,(H,30,35,36)/t23-,24-,25-,29+/m1/s1. The van der Waals surface area contributed by atoms with E-state index in [-0.39, 0.29) is 5.56 Å². The Labute approximate surface area is 213 Å². The van der Waals surface area contributed by atoms with E-state index >= 15 is 0 Å². The van der Waals surface area contributed by atoms with E-state index in [0.29, 0.717) is 16.7 Å². The first-order valence-corrected chi connectivity index (χ1v) is 12.0.